The van der Waals surface area contributed by atoms with Crippen LogP contribution in [0.15, 0.2) is 24.3 Å². The average molecular weight is 516 g/mol. The summed E-state index contributed by atoms with van der Waals surface area (Å²) < 4.78 is 20.9. The summed E-state index contributed by atoms with van der Waals surface area (Å²) in [4.78, 5) is 42.9. The van der Waals surface area contributed by atoms with Crippen molar-refractivity contribution >= 4 is 28.6 Å². The molecule has 1 unspecified atom stereocenters. The van der Waals surface area contributed by atoms with Gasteiger partial charge in [0.1, 0.15) is 17.6 Å². The van der Waals surface area contributed by atoms with Crippen LogP contribution in [0.25, 0.3) is 10.9 Å². The first kappa shape index (κ1) is 27.1. The summed E-state index contributed by atoms with van der Waals surface area (Å²) >= 11 is 0. The number of benzene rings is 1. The number of carbonyl (C=O) groups is 3. The molecule has 10 heteroatoms. The Hall–Kier alpha value is -2.98. The lowest BCUT2D eigenvalue weighted by molar-refractivity contribution is -0.139. The van der Waals surface area contributed by atoms with Crippen LogP contribution in [0.1, 0.15) is 42.6 Å². The summed E-state index contributed by atoms with van der Waals surface area (Å²) in [6, 6.07) is 5.70. The molecule has 1 saturated carbocycles. The zero-order valence-corrected chi connectivity index (χ0v) is 21.8. The Kier molecular flexibility index (Phi) is 9.15. The van der Waals surface area contributed by atoms with Crippen LogP contribution in [0.4, 0.5) is 4.39 Å². The molecule has 4 rings (SSSR count). The van der Waals surface area contributed by atoms with E-state index < -0.39 is 6.04 Å². The van der Waals surface area contributed by atoms with Gasteiger partial charge in [0.05, 0.1) is 13.2 Å². The lowest BCUT2D eigenvalue weighted by Crippen LogP contribution is -2.58. The molecule has 2 heterocycles. The highest BCUT2D eigenvalue weighted by Crippen LogP contribution is 2.28. The number of halogens is 1. The molecule has 37 heavy (non-hydrogen) atoms. The van der Waals surface area contributed by atoms with E-state index in [-0.39, 0.29) is 36.0 Å². The van der Waals surface area contributed by atoms with Gasteiger partial charge in [-0.2, -0.15) is 0 Å². The fourth-order valence-corrected chi connectivity index (χ4v) is 5.56. The molecule has 0 radical (unpaired) electrons. The molecule has 1 aromatic carbocycles. The first-order chi connectivity index (χ1) is 17.9. The standard InChI is InChI=1S/C27H38FN5O4/c1-29-18-24(34)30-25(19-6-4-3-5-7-19)27(36)32-12-10-31(11-13-32)26(35)23-17-20-16-21(28)8-9-22(20)33(23)14-15-37-2/h8-9,16-17,19,25,29H,3-7,10-15,18H2,1-2H3,(H,30,34). The van der Waals surface area contributed by atoms with Gasteiger partial charge in [0.15, 0.2) is 0 Å². The molecule has 2 aromatic rings. The van der Waals surface area contributed by atoms with E-state index in [0.717, 1.165) is 37.6 Å². The van der Waals surface area contributed by atoms with Crippen molar-refractivity contribution in [2.24, 2.45) is 5.92 Å². The second kappa shape index (κ2) is 12.5. The van der Waals surface area contributed by atoms with Crippen LogP contribution >= 0.6 is 0 Å². The van der Waals surface area contributed by atoms with E-state index in [4.69, 9.17) is 4.74 Å². The molecule has 2 fully saturated rings. The van der Waals surface area contributed by atoms with Crippen molar-refractivity contribution in [1.82, 2.24) is 25.0 Å². The number of carbonyl (C=O) groups excluding carboxylic acids is 3. The molecular formula is C27H38FN5O4. The van der Waals surface area contributed by atoms with Crippen LogP contribution in [0.2, 0.25) is 0 Å². The quantitative estimate of drug-likeness (QED) is 0.533. The van der Waals surface area contributed by atoms with Crippen LogP contribution in [-0.2, 0) is 20.9 Å². The number of methoxy groups -OCH3 is 1. The van der Waals surface area contributed by atoms with Crippen molar-refractivity contribution in [3.63, 3.8) is 0 Å². The van der Waals surface area contributed by atoms with E-state index in [1.165, 1.54) is 12.1 Å². The third-order valence-corrected chi connectivity index (χ3v) is 7.52. The third kappa shape index (κ3) is 6.30. The van der Waals surface area contributed by atoms with Crippen LogP contribution < -0.4 is 10.6 Å². The van der Waals surface area contributed by atoms with Gasteiger partial charge in [-0.3, -0.25) is 14.4 Å². The van der Waals surface area contributed by atoms with Gasteiger partial charge in [0.2, 0.25) is 11.8 Å². The van der Waals surface area contributed by atoms with Crippen LogP contribution in [-0.4, -0.2) is 91.6 Å². The zero-order valence-electron chi connectivity index (χ0n) is 21.8. The van der Waals surface area contributed by atoms with Crippen LogP contribution in [0, 0.1) is 11.7 Å². The molecule has 9 nitrogen and oxygen atoms in total. The number of piperazine rings is 1. The third-order valence-electron chi connectivity index (χ3n) is 7.52. The second-order valence-electron chi connectivity index (χ2n) is 9.97. The van der Waals surface area contributed by atoms with E-state index in [1.54, 1.807) is 36.1 Å². The zero-order chi connectivity index (χ0) is 26.4. The number of amides is 3. The van der Waals surface area contributed by atoms with Gasteiger partial charge in [0.25, 0.3) is 5.91 Å². The Bertz CT molecular complexity index is 1110. The maximum absolute atomic E-state index is 13.8. The lowest BCUT2D eigenvalue weighted by Gasteiger charge is -2.39. The summed E-state index contributed by atoms with van der Waals surface area (Å²) in [5, 5.41) is 6.49. The highest BCUT2D eigenvalue weighted by atomic mass is 19.1. The first-order valence-electron chi connectivity index (χ1n) is 13.2. The number of hydrogen-bond acceptors (Lipinski definition) is 5. The monoisotopic (exact) mass is 515 g/mol. The molecule has 202 valence electrons. The fraction of sp³-hybridized carbons (Fsp3) is 0.593. The van der Waals surface area contributed by atoms with Crippen molar-refractivity contribution in [3.05, 3.63) is 35.8 Å². The number of hydrogen-bond donors (Lipinski definition) is 2. The number of aromatic nitrogens is 1. The van der Waals surface area contributed by atoms with E-state index in [1.807, 2.05) is 4.57 Å². The summed E-state index contributed by atoms with van der Waals surface area (Å²) in [5.74, 6) is -0.602. The maximum atomic E-state index is 13.8. The number of likely N-dealkylation sites (N-methyl/N-ethyl adjacent to an activating group) is 1. The number of nitrogens with one attached hydrogen (secondary N) is 2. The molecule has 0 bridgehead atoms. The van der Waals surface area contributed by atoms with E-state index in [2.05, 4.69) is 10.6 Å². The topological polar surface area (TPSA) is 95.9 Å². The van der Waals surface area contributed by atoms with Crippen LogP contribution in [0.5, 0.6) is 0 Å². The Morgan fingerprint density at radius 2 is 1.76 bits per heavy atom. The highest BCUT2D eigenvalue weighted by Gasteiger charge is 2.36. The predicted molar refractivity (Wildman–Crippen MR) is 139 cm³/mol. The van der Waals surface area contributed by atoms with Crippen molar-refractivity contribution < 1.29 is 23.5 Å². The molecule has 0 spiro atoms. The van der Waals surface area contributed by atoms with Gasteiger partial charge in [-0.25, -0.2) is 4.39 Å². The molecule has 1 atom stereocenters. The van der Waals surface area contributed by atoms with Crippen molar-refractivity contribution in [2.75, 3.05) is 53.5 Å². The summed E-state index contributed by atoms with van der Waals surface area (Å²) in [6.07, 6.45) is 5.16. The van der Waals surface area contributed by atoms with Crippen molar-refractivity contribution in [2.45, 2.75) is 44.7 Å². The van der Waals surface area contributed by atoms with E-state index in [9.17, 15) is 18.8 Å². The summed E-state index contributed by atoms with van der Waals surface area (Å²) in [7, 11) is 3.31. The Morgan fingerprint density at radius 1 is 1.05 bits per heavy atom. The molecule has 1 saturated heterocycles. The molecule has 3 amide bonds. The molecule has 1 aliphatic heterocycles. The van der Waals surface area contributed by atoms with Crippen LogP contribution in [0.3, 0.4) is 0 Å². The maximum Gasteiger partial charge on any atom is 0.270 e. The largest absolute Gasteiger partial charge is 0.383 e. The number of ether oxygens (including phenoxy) is 1. The highest BCUT2D eigenvalue weighted by molar-refractivity contribution is 5.99. The minimum absolute atomic E-state index is 0.0619. The summed E-state index contributed by atoms with van der Waals surface area (Å²) in [5.41, 5.74) is 1.26. The van der Waals surface area contributed by atoms with Gasteiger partial charge in [0, 0.05) is 50.7 Å². The van der Waals surface area contributed by atoms with Gasteiger partial charge in [-0.1, -0.05) is 19.3 Å². The summed E-state index contributed by atoms with van der Waals surface area (Å²) in [6.45, 7) is 2.66. The molecule has 2 aliphatic rings. The molecule has 1 aromatic heterocycles. The molecule has 2 N–H and O–H groups in total. The van der Waals surface area contributed by atoms with Crippen molar-refractivity contribution in [3.8, 4) is 0 Å². The number of rotatable bonds is 9. The van der Waals surface area contributed by atoms with E-state index in [0.29, 0.717) is 50.4 Å². The normalized spacial score (nSPS) is 17.7. The smallest absolute Gasteiger partial charge is 0.270 e. The minimum Gasteiger partial charge on any atom is -0.383 e. The average Bonchev–Trinajstić information content (AvgIpc) is 3.27. The molecule has 1 aliphatic carbocycles. The number of nitrogens with zero attached hydrogens (tertiary/aromatic N) is 3. The Morgan fingerprint density at radius 3 is 2.43 bits per heavy atom. The van der Waals surface area contributed by atoms with Gasteiger partial charge in [-0.05, 0) is 50.1 Å². The lowest BCUT2D eigenvalue weighted by atomic mass is 9.83. The molecular weight excluding hydrogens is 477 g/mol. The Balaban J connectivity index is 1.45. The van der Waals surface area contributed by atoms with Crippen molar-refractivity contribution in [1.29, 1.82) is 0 Å². The fourth-order valence-electron chi connectivity index (χ4n) is 5.56. The second-order valence-corrected chi connectivity index (χ2v) is 9.97. The van der Waals surface area contributed by atoms with Gasteiger partial charge >= 0.3 is 0 Å². The van der Waals surface area contributed by atoms with Gasteiger partial charge in [-0.15, -0.1) is 0 Å². The number of fused-ring (bicyclic) bond motifs is 1. The Labute approximate surface area is 217 Å². The SMILES string of the molecule is CNCC(=O)NC(C(=O)N1CCN(C(=O)c2cc3cc(F)ccc3n2CCOC)CC1)C1CCCCC1. The van der Waals surface area contributed by atoms with E-state index >= 15 is 0 Å². The first-order valence-corrected chi connectivity index (χ1v) is 13.2. The van der Waals surface area contributed by atoms with Gasteiger partial charge < -0.3 is 29.7 Å². The predicted octanol–water partition coefficient (Wildman–Crippen LogP) is 2.00. The minimum atomic E-state index is -0.533.